The topological polar surface area (TPSA) is 87.2 Å². The summed E-state index contributed by atoms with van der Waals surface area (Å²) >= 11 is 1.19. The Morgan fingerprint density at radius 2 is 1.78 bits per heavy atom. The van der Waals surface area contributed by atoms with Gasteiger partial charge in [-0.2, -0.15) is 0 Å². The Hall–Kier alpha value is -2.47. The van der Waals surface area contributed by atoms with Crippen molar-refractivity contribution in [2.45, 2.75) is 20.8 Å². The number of nitrogens with one attached hydrogen (secondary N) is 1. The smallest absolute Gasteiger partial charge is 0.335 e. The molecule has 1 heterocycles. The highest BCUT2D eigenvalue weighted by Gasteiger charge is 2.18. The molecule has 0 spiro atoms. The molecule has 0 radical (unpaired) electrons. The number of thiazole rings is 1. The van der Waals surface area contributed by atoms with Crippen LogP contribution >= 0.6 is 11.3 Å². The van der Waals surface area contributed by atoms with Crippen LogP contribution in [0.25, 0.3) is 12.2 Å². The monoisotopic (exact) mass is 331 g/mol. The first-order valence-corrected chi connectivity index (χ1v) is 7.79. The molecule has 0 saturated heterocycles. The van der Waals surface area contributed by atoms with Crippen LogP contribution in [0.4, 0.5) is 0 Å². The summed E-state index contributed by atoms with van der Waals surface area (Å²) in [4.78, 5) is 37.4. The Balaban J connectivity index is 2.42. The summed E-state index contributed by atoms with van der Waals surface area (Å²) < 4.78 is 0.962. The summed E-state index contributed by atoms with van der Waals surface area (Å²) in [6.07, 6.45) is 3.10. The van der Waals surface area contributed by atoms with Gasteiger partial charge in [-0.1, -0.05) is 32.9 Å². The van der Waals surface area contributed by atoms with Gasteiger partial charge >= 0.3 is 5.97 Å². The van der Waals surface area contributed by atoms with Crippen molar-refractivity contribution >= 4 is 35.2 Å². The molecule has 2 rings (SSSR count). The van der Waals surface area contributed by atoms with E-state index in [2.05, 4.69) is 4.98 Å². The van der Waals surface area contributed by atoms with Crippen molar-refractivity contribution < 1.29 is 14.7 Å². The van der Waals surface area contributed by atoms with Crippen LogP contribution in [-0.4, -0.2) is 21.8 Å². The molecule has 0 unspecified atom stereocenters. The molecule has 0 aliphatic heterocycles. The lowest BCUT2D eigenvalue weighted by Crippen LogP contribution is -2.22. The number of hydrogen-bond acceptors (Lipinski definition) is 4. The Labute approximate surface area is 136 Å². The Kier molecular flexibility index (Phi) is 4.65. The maximum Gasteiger partial charge on any atom is 0.335 e. The summed E-state index contributed by atoms with van der Waals surface area (Å²) in [5.41, 5.74) is 0.130. The van der Waals surface area contributed by atoms with E-state index >= 15 is 0 Å². The van der Waals surface area contributed by atoms with Crippen LogP contribution in [0, 0.1) is 5.41 Å². The molecule has 2 aromatic rings. The molecular formula is C17H17NO4S. The second-order valence-electron chi connectivity index (χ2n) is 6.11. The Morgan fingerprint density at radius 3 is 2.30 bits per heavy atom. The van der Waals surface area contributed by atoms with Crippen molar-refractivity contribution in [3.63, 3.8) is 0 Å². The normalized spacial score (nSPS) is 13.3. The van der Waals surface area contributed by atoms with Crippen LogP contribution in [0.2, 0.25) is 0 Å². The van der Waals surface area contributed by atoms with Gasteiger partial charge in [0.1, 0.15) is 0 Å². The molecular weight excluding hydrogens is 314 g/mol. The average molecular weight is 331 g/mol. The Bertz CT molecular complexity index is 911. The number of carboxylic acids is 1. The minimum atomic E-state index is -0.997. The zero-order chi connectivity index (χ0) is 17.2. The van der Waals surface area contributed by atoms with Crippen LogP contribution in [0.5, 0.6) is 0 Å². The van der Waals surface area contributed by atoms with E-state index in [-0.39, 0.29) is 16.9 Å². The third-order valence-electron chi connectivity index (χ3n) is 3.14. The third-order valence-corrected chi connectivity index (χ3v) is 4.10. The number of aromatic carboxylic acids is 1. The van der Waals surface area contributed by atoms with Gasteiger partial charge in [-0.15, -0.1) is 11.3 Å². The number of hydrogen-bond donors (Lipinski definition) is 2. The van der Waals surface area contributed by atoms with Gasteiger partial charge in [-0.25, -0.2) is 4.79 Å². The number of Topliss-reactive ketones (excluding diaryl/α,β-unsaturated/α-hetero) is 1. The van der Waals surface area contributed by atoms with Crippen molar-refractivity contribution in [1.29, 1.82) is 0 Å². The minimum absolute atomic E-state index is 0.0626. The SMILES string of the molecule is CC(C)(C)C(=O)C=c1[nH]c(=O)c(=Cc2ccc(C(=O)O)cc2)s1. The van der Waals surface area contributed by atoms with Crippen molar-refractivity contribution in [3.05, 3.63) is 54.9 Å². The maximum absolute atomic E-state index is 12.0. The number of carbonyl (C=O) groups excluding carboxylic acids is 1. The van der Waals surface area contributed by atoms with Crippen LogP contribution < -0.4 is 14.8 Å². The number of H-pyrrole nitrogens is 1. The standard InChI is InChI=1S/C17H17NO4S/c1-17(2,3)13(19)9-14-18-15(20)12(23-14)8-10-4-6-11(7-5-10)16(21)22/h4-9H,1-3H3,(H,18,20)(H,21,22). The van der Waals surface area contributed by atoms with E-state index < -0.39 is 11.4 Å². The number of ketones is 1. The second-order valence-corrected chi connectivity index (χ2v) is 7.20. The first kappa shape index (κ1) is 16.9. The summed E-state index contributed by atoms with van der Waals surface area (Å²) in [5, 5.41) is 8.86. The molecule has 0 fully saturated rings. The molecule has 0 atom stereocenters. The quantitative estimate of drug-likeness (QED) is 0.889. The van der Waals surface area contributed by atoms with Gasteiger partial charge in [0.05, 0.1) is 14.8 Å². The highest BCUT2D eigenvalue weighted by atomic mass is 32.1. The zero-order valence-corrected chi connectivity index (χ0v) is 13.9. The molecule has 23 heavy (non-hydrogen) atoms. The lowest BCUT2D eigenvalue weighted by atomic mass is 9.91. The first-order chi connectivity index (χ1) is 10.7. The molecule has 1 aromatic carbocycles. The number of rotatable bonds is 3. The number of aromatic amines is 1. The third kappa shape index (κ3) is 4.26. The molecule has 120 valence electrons. The molecule has 0 amide bonds. The van der Waals surface area contributed by atoms with Gasteiger partial charge in [-0.05, 0) is 23.8 Å². The van der Waals surface area contributed by atoms with E-state index in [1.807, 2.05) is 20.8 Å². The minimum Gasteiger partial charge on any atom is -0.478 e. The highest BCUT2D eigenvalue weighted by molar-refractivity contribution is 7.07. The molecule has 5 nitrogen and oxygen atoms in total. The number of aromatic nitrogens is 1. The van der Waals surface area contributed by atoms with Crippen molar-refractivity contribution in [3.8, 4) is 0 Å². The number of benzene rings is 1. The fourth-order valence-corrected chi connectivity index (χ4v) is 2.62. The van der Waals surface area contributed by atoms with Crippen molar-refractivity contribution in [2.24, 2.45) is 5.41 Å². The van der Waals surface area contributed by atoms with E-state index in [1.165, 1.54) is 29.5 Å². The average Bonchev–Trinajstić information content (AvgIpc) is 2.78. The molecule has 0 saturated carbocycles. The molecule has 6 heteroatoms. The predicted octanol–water partition coefficient (Wildman–Crippen LogP) is 1.36. The Morgan fingerprint density at radius 1 is 1.17 bits per heavy atom. The fraction of sp³-hybridized carbons (Fsp3) is 0.235. The molecule has 0 bridgehead atoms. The van der Waals surface area contributed by atoms with E-state index in [4.69, 9.17) is 5.11 Å². The van der Waals surface area contributed by atoms with Gasteiger partial charge in [0.25, 0.3) is 5.56 Å². The highest BCUT2D eigenvalue weighted by Crippen LogP contribution is 2.14. The van der Waals surface area contributed by atoms with E-state index in [9.17, 15) is 14.4 Å². The van der Waals surface area contributed by atoms with Gasteiger partial charge in [0.15, 0.2) is 5.78 Å². The largest absolute Gasteiger partial charge is 0.478 e. The molecule has 2 N–H and O–H groups in total. The fourth-order valence-electron chi connectivity index (χ4n) is 1.73. The van der Waals surface area contributed by atoms with Crippen LogP contribution in [0.3, 0.4) is 0 Å². The molecule has 0 aliphatic rings. The summed E-state index contributed by atoms with van der Waals surface area (Å²) in [5.74, 6) is -1.06. The number of carbonyl (C=O) groups is 2. The number of carboxylic acid groups (broad SMARTS) is 1. The molecule has 1 aromatic heterocycles. The van der Waals surface area contributed by atoms with Gasteiger partial charge < -0.3 is 10.1 Å². The summed E-state index contributed by atoms with van der Waals surface area (Å²) in [7, 11) is 0. The van der Waals surface area contributed by atoms with Gasteiger partial charge in [-0.3, -0.25) is 9.59 Å². The van der Waals surface area contributed by atoms with Crippen LogP contribution in [0.15, 0.2) is 29.1 Å². The lowest BCUT2D eigenvalue weighted by Gasteiger charge is -2.12. The second kappa shape index (κ2) is 6.34. The first-order valence-electron chi connectivity index (χ1n) is 6.97. The van der Waals surface area contributed by atoms with Crippen molar-refractivity contribution in [2.75, 3.05) is 0 Å². The predicted molar refractivity (Wildman–Crippen MR) is 90.1 cm³/mol. The van der Waals surface area contributed by atoms with E-state index in [0.717, 1.165) is 5.56 Å². The maximum atomic E-state index is 12.0. The summed E-state index contributed by atoms with van der Waals surface area (Å²) in [6.45, 7) is 5.44. The van der Waals surface area contributed by atoms with E-state index in [1.54, 1.807) is 18.2 Å². The van der Waals surface area contributed by atoms with Crippen LogP contribution in [0.1, 0.15) is 36.7 Å². The van der Waals surface area contributed by atoms with Crippen LogP contribution in [-0.2, 0) is 4.79 Å². The molecule has 0 aliphatic carbocycles. The van der Waals surface area contributed by atoms with Gasteiger partial charge in [0, 0.05) is 11.5 Å². The zero-order valence-electron chi connectivity index (χ0n) is 13.0. The van der Waals surface area contributed by atoms with Crippen molar-refractivity contribution in [1.82, 2.24) is 4.98 Å². The van der Waals surface area contributed by atoms with Gasteiger partial charge in [0.2, 0.25) is 0 Å². The lowest BCUT2D eigenvalue weighted by molar-refractivity contribution is -0.119. The summed E-state index contributed by atoms with van der Waals surface area (Å²) in [6, 6.07) is 6.22. The van der Waals surface area contributed by atoms with E-state index in [0.29, 0.717) is 9.20 Å².